The molecule has 2 aromatic carbocycles. The highest BCUT2D eigenvalue weighted by Gasteiger charge is 2.24. The number of carbonyl (C=O) groups is 1. The fourth-order valence-electron chi connectivity index (χ4n) is 3.21. The Hall–Kier alpha value is -3.78. The van der Waals surface area contributed by atoms with Gasteiger partial charge in [-0.1, -0.05) is 6.07 Å². The van der Waals surface area contributed by atoms with Crippen LogP contribution >= 0.6 is 0 Å². The molecule has 3 rings (SSSR count). The van der Waals surface area contributed by atoms with Crippen molar-refractivity contribution in [1.29, 1.82) is 0 Å². The molecule has 0 unspecified atom stereocenters. The Morgan fingerprint density at radius 1 is 1.03 bits per heavy atom. The summed E-state index contributed by atoms with van der Waals surface area (Å²) in [7, 11) is -4.36. The summed E-state index contributed by atoms with van der Waals surface area (Å²) in [5.41, 5.74) is 3.59. The number of pyridine rings is 1. The van der Waals surface area contributed by atoms with Gasteiger partial charge in [-0.25, -0.2) is 26.9 Å². The SMILES string of the molecule is Cc1ccc(Nc2c(C(N)=O)cc(Cc3ccnc(NS(=O)(=O)NCCF)c3F)c(F)c2F)c(F)c1. The normalized spacial score (nSPS) is 11.4. The van der Waals surface area contributed by atoms with Crippen LogP contribution in [0.3, 0.4) is 0 Å². The van der Waals surface area contributed by atoms with Crippen molar-refractivity contribution in [3.8, 4) is 0 Å². The molecule has 0 saturated heterocycles. The molecule has 0 aliphatic rings. The van der Waals surface area contributed by atoms with Crippen LogP contribution in [0.25, 0.3) is 0 Å². The third kappa shape index (κ3) is 6.07. The lowest BCUT2D eigenvalue weighted by molar-refractivity contribution is 0.100. The number of hydrogen-bond donors (Lipinski definition) is 4. The minimum absolute atomic E-state index is 0.243. The number of carbonyl (C=O) groups excluding carboxylic acids is 1. The Bertz CT molecular complexity index is 1420. The highest BCUT2D eigenvalue weighted by Crippen LogP contribution is 2.31. The van der Waals surface area contributed by atoms with Gasteiger partial charge in [-0.3, -0.25) is 9.52 Å². The zero-order valence-corrected chi connectivity index (χ0v) is 19.4. The van der Waals surface area contributed by atoms with Crippen LogP contribution in [-0.2, 0) is 16.6 Å². The molecule has 0 aliphatic heterocycles. The topological polar surface area (TPSA) is 126 Å². The number of aromatic nitrogens is 1. The molecule has 0 atom stereocenters. The van der Waals surface area contributed by atoms with Crippen LogP contribution in [-0.4, -0.2) is 32.5 Å². The summed E-state index contributed by atoms with van der Waals surface area (Å²) in [6, 6.07) is 5.86. The summed E-state index contributed by atoms with van der Waals surface area (Å²) in [5, 5.41) is 2.33. The molecule has 0 saturated carbocycles. The van der Waals surface area contributed by atoms with Gasteiger partial charge >= 0.3 is 0 Å². The van der Waals surface area contributed by atoms with Crippen LogP contribution in [0.4, 0.5) is 39.1 Å². The number of rotatable bonds is 10. The van der Waals surface area contributed by atoms with Crippen LogP contribution in [0.1, 0.15) is 27.0 Å². The third-order valence-corrected chi connectivity index (χ3v) is 5.95. The van der Waals surface area contributed by atoms with Gasteiger partial charge in [0.25, 0.3) is 16.1 Å². The zero-order valence-electron chi connectivity index (χ0n) is 18.6. The molecule has 0 aliphatic carbocycles. The second-order valence-corrected chi connectivity index (χ2v) is 9.06. The van der Waals surface area contributed by atoms with E-state index in [0.29, 0.717) is 5.56 Å². The predicted molar refractivity (Wildman–Crippen MR) is 123 cm³/mol. The number of hydrogen-bond acceptors (Lipinski definition) is 5. The Morgan fingerprint density at radius 2 is 1.75 bits per heavy atom. The molecule has 1 aromatic heterocycles. The van der Waals surface area contributed by atoms with Crippen molar-refractivity contribution in [3.63, 3.8) is 0 Å². The fourth-order valence-corrected chi connectivity index (χ4v) is 4.03. The average Bonchev–Trinajstić information content (AvgIpc) is 2.81. The number of nitrogens with zero attached hydrogens (tertiary/aromatic N) is 1. The standard InChI is InChI=1S/C22H20F5N5O3S/c1-11-2-3-16(15(24)8-11)31-20-14(21(28)33)10-13(17(25)19(20)27)9-12-4-6-29-22(18(12)26)32-36(34,35)30-7-5-23/h2-4,6,8,10,30-31H,5,7,9H2,1H3,(H2,28,33)(H,29,32). The first-order valence-electron chi connectivity index (χ1n) is 10.2. The molecule has 5 N–H and O–H groups in total. The number of nitrogens with two attached hydrogens (primary N) is 1. The predicted octanol–water partition coefficient (Wildman–Crippen LogP) is 3.60. The largest absolute Gasteiger partial charge is 0.366 e. The highest BCUT2D eigenvalue weighted by atomic mass is 32.2. The van der Waals surface area contributed by atoms with E-state index in [2.05, 4.69) is 10.3 Å². The van der Waals surface area contributed by atoms with Gasteiger partial charge in [-0.2, -0.15) is 13.1 Å². The first-order valence-corrected chi connectivity index (χ1v) is 11.7. The van der Waals surface area contributed by atoms with E-state index in [1.54, 1.807) is 11.6 Å². The summed E-state index contributed by atoms with van der Waals surface area (Å²) in [6.07, 6.45) is 0.369. The number of nitrogens with one attached hydrogen (secondary N) is 3. The first kappa shape index (κ1) is 26.8. The van der Waals surface area contributed by atoms with E-state index in [1.165, 1.54) is 12.1 Å². The molecule has 8 nitrogen and oxygen atoms in total. The molecule has 0 radical (unpaired) electrons. The van der Waals surface area contributed by atoms with E-state index >= 15 is 0 Å². The van der Waals surface area contributed by atoms with Gasteiger partial charge in [0.05, 0.1) is 16.9 Å². The Balaban J connectivity index is 1.99. The Morgan fingerprint density at radius 3 is 2.39 bits per heavy atom. The molecular weight excluding hydrogens is 509 g/mol. The fraction of sp³-hybridized carbons (Fsp3) is 0.182. The highest BCUT2D eigenvalue weighted by molar-refractivity contribution is 7.90. The summed E-state index contributed by atoms with van der Waals surface area (Å²) in [5.74, 6) is -6.99. The molecule has 36 heavy (non-hydrogen) atoms. The lowest BCUT2D eigenvalue weighted by Gasteiger charge is -2.16. The van der Waals surface area contributed by atoms with Crippen molar-refractivity contribution in [2.24, 2.45) is 5.73 Å². The quantitative estimate of drug-likeness (QED) is 0.299. The molecular formula is C22H20F5N5O3S. The van der Waals surface area contributed by atoms with E-state index in [-0.39, 0.29) is 11.3 Å². The summed E-state index contributed by atoms with van der Waals surface area (Å²) >= 11 is 0. The van der Waals surface area contributed by atoms with Crippen LogP contribution in [0, 0.1) is 30.2 Å². The van der Waals surface area contributed by atoms with Gasteiger partial charge in [-0.05, 0) is 47.9 Å². The maximum atomic E-state index is 15.0. The molecule has 0 fully saturated rings. The number of halogens is 5. The number of anilines is 3. The van der Waals surface area contributed by atoms with Crippen molar-refractivity contribution in [3.05, 3.63) is 82.1 Å². The number of aryl methyl sites for hydroxylation is 1. The molecule has 0 bridgehead atoms. The minimum Gasteiger partial charge on any atom is -0.366 e. The third-order valence-electron chi connectivity index (χ3n) is 4.90. The van der Waals surface area contributed by atoms with E-state index < -0.39 is 81.7 Å². The second-order valence-electron chi connectivity index (χ2n) is 7.56. The van der Waals surface area contributed by atoms with Gasteiger partial charge in [0, 0.05) is 19.2 Å². The van der Waals surface area contributed by atoms with Crippen molar-refractivity contribution in [1.82, 2.24) is 9.71 Å². The van der Waals surface area contributed by atoms with Crippen molar-refractivity contribution in [2.45, 2.75) is 13.3 Å². The monoisotopic (exact) mass is 529 g/mol. The number of benzene rings is 2. The van der Waals surface area contributed by atoms with Gasteiger partial charge in [0.15, 0.2) is 23.3 Å². The van der Waals surface area contributed by atoms with Gasteiger partial charge in [-0.15, -0.1) is 0 Å². The summed E-state index contributed by atoms with van der Waals surface area (Å²) in [6.45, 7) is 0.0428. The number of amides is 1. The molecule has 3 aromatic rings. The Kier molecular flexibility index (Phi) is 8.10. The van der Waals surface area contributed by atoms with Crippen LogP contribution in [0.5, 0.6) is 0 Å². The van der Waals surface area contributed by atoms with Gasteiger partial charge in [0.2, 0.25) is 0 Å². The first-order chi connectivity index (χ1) is 16.9. The zero-order chi connectivity index (χ0) is 26.6. The van der Waals surface area contributed by atoms with Crippen molar-refractivity contribution >= 4 is 33.3 Å². The lowest BCUT2D eigenvalue weighted by atomic mass is 10.00. The average molecular weight is 529 g/mol. The number of alkyl halides is 1. The maximum Gasteiger partial charge on any atom is 0.300 e. The van der Waals surface area contributed by atoms with E-state index in [9.17, 15) is 35.2 Å². The van der Waals surface area contributed by atoms with Crippen LogP contribution < -0.4 is 20.5 Å². The summed E-state index contributed by atoms with van der Waals surface area (Å²) < 4.78 is 98.5. The van der Waals surface area contributed by atoms with E-state index in [0.717, 1.165) is 24.4 Å². The molecule has 192 valence electrons. The smallest absolute Gasteiger partial charge is 0.300 e. The molecule has 1 heterocycles. The summed E-state index contributed by atoms with van der Waals surface area (Å²) in [4.78, 5) is 15.5. The van der Waals surface area contributed by atoms with Gasteiger partial charge < -0.3 is 11.1 Å². The van der Waals surface area contributed by atoms with E-state index in [1.807, 2.05) is 4.72 Å². The van der Waals surface area contributed by atoms with Crippen LogP contribution in [0.15, 0.2) is 36.5 Å². The number of primary amides is 1. The van der Waals surface area contributed by atoms with Crippen LogP contribution in [0.2, 0.25) is 0 Å². The van der Waals surface area contributed by atoms with Gasteiger partial charge in [0.1, 0.15) is 12.5 Å². The van der Waals surface area contributed by atoms with Crippen molar-refractivity contribution < 1.29 is 35.2 Å². The molecule has 1 amide bonds. The maximum absolute atomic E-state index is 15.0. The van der Waals surface area contributed by atoms with Crippen molar-refractivity contribution in [2.75, 3.05) is 23.3 Å². The molecule has 14 heteroatoms. The van der Waals surface area contributed by atoms with E-state index in [4.69, 9.17) is 5.73 Å². The minimum atomic E-state index is -4.36. The molecule has 0 spiro atoms. The Labute approximate surface area is 202 Å². The second kappa shape index (κ2) is 10.9. The lowest BCUT2D eigenvalue weighted by Crippen LogP contribution is -2.32.